The number of pyridine rings is 1. The number of anilines is 2. The molecule has 2 N–H and O–H groups in total. The Labute approximate surface area is 177 Å². The number of nitrogens with one attached hydrogen (secondary N) is 2. The van der Waals surface area contributed by atoms with Crippen LogP contribution in [0.15, 0.2) is 42.7 Å². The predicted octanol–water partition coefficient (Wildman–Crippen LogP) is 3.48. The van der Waals surface area contributed by atoms with E-state index in [4.69, 9.17) is 14.7 Å². The van der Waals surface area contributed by atoms with Crippen LogP contribution in [0.3, 0.4) is 0 Å². The number of rotatable bonds is 4. The van der Waals surface area contributed by atoms with E-state index in [-0.39, 0.29) is 5.91 Å². The maximum atomic E-state index is 12.8. The van der Waals surface area contributed by atoms with Crippen molar-refractivity contribution in [2.45, 2.75) is 6.92 Å². The number of ether oxygens (including phenoxy) is 1. The molecule has 0 aliphatic carbocycles. The number of fused-ring (bicyclic) bond motifs is 1. The third kappa shape index (κ3) is 3.53. The Bertz CT molecular complexity index is 1200. The third-order valence-corrected chi connectivity index (χ3v) is 6.18. The number of hydrogen-bond acceptors (Lipinski definition) is 7. The molecule has 8 nitrogen and oxygen atoms in total. The fraction of sp³-hybridized carbons (Fsp3) is 0.238. The van der Waals surface area contributed by atoms with Crippen molar-refractivity contribution >= 4 is 39.1 Å². The van der Waals surface area contributed by atoms with Crippen molar-refractivity contribution < 1.29 is 9.53 Å². The van der Waals surface area contributed by atoms with Crippen LogP contribution in [0.5, 0.6) is 0 Å². The van der Waals surface area contributed by atoms with E-state index < -0.39 is 0 Å². The molecule has 0 spiro atoms. The van der Waals surface area contributed by atoms with Gasteiger partial charge in [-0.2, -0.15) is 0 Å². The number of hydrogen-bond donors (Lipinski definition) is 2. The average molecular weight is 420 g/mol. The largest absolute Gasteiger partial charge is 0.378 e. The summed E-state index contributed by atoms with van der Waals surface area (Å²) in [6.45, 7) is 5.09. The Kier molecular flexibility index (Phi) is 4.89. The first-order valence-electron chi connectivity index (χ1n) is 9.69. The third-order valence-electron chi connectivity index (χ3n) is 4.96. The van der Waals surface area contributed by atoms with Crippen LogP contribution in [-0.2, 0) is 4.74 Å². The Morgan fingerprint density at radius 1 is 1.20 bits per heavy atom. The lowest BCUT2D eigenvalue weighted by Gasteiger charge is -2.25. The molecular weight excluding hydrogens is 400 g/mol. The molecule has 1 amide bonds. The van der Waals surface area contributed by atoms with Gasteiger partial charge >= 0.3 is 0 Å². The second-order valence-electron chi connectivity index (χ2n) is 6.99. The standard InChI is InChI=1S/C21H20N6O2S/c1-13-18(30-21(23-13)27-8-10-29-11-9-27)19-25-16-6-2-5-15(17(16)26-19)20(28)24-14-4-3-7-22-12-14/h2-7,12H,8-11H2,1H3,(H,24,28)(H,25,26). The van der Waals surface area contributed by atoms with E-state index in [1.165, 1.54) is 0 Å². The van der Waals surface area contributed by atoms with Crippen molar-refractivity contribution in [3.8, 4) is 10.7 Å². The van der Waals surface area contributed by atoms with Gasteiger partial charge in [-0.05, 0) is 31.2 Å². The fourth-order valence-electron chi connectivity index (χ4n) is 3.45. The molecule has 3 aromatic heterocycles. The van der Waals surface area contributed by atoms with Gasteiger partial charge in [0.25, 0.3) is 5.91 Å². The molecule has 5 rings (SSSR count). The van der Waals surface area contributed by atoms with E-state index in [0.29, 0.717) is 30.0 Å². The summed E-state index contributed by atoms with van der Waals surface area (Å²) in [5, 5.41) is 3.85. The minimum atomic E-state index is -0.221. The number of aryl methyl sites for hydroxylation is 1. The summed E-state index contributed by atoms with van der Waals surface area (Å²) < 4.78 is 5.44. The molecule has 1 aromatic carbocycles. The van der Waals surface area contributed by atoms with Crippen LogP contribution in [0, 0.1) is 6.92 Å². The normalized spacial score (nSPS) is 14.2. The van der Waals surface area contributed by atoms with Crippen LogP contribution < -0.4 is 10.2 Å². The number of thiazole rings is 1. The second kappa shape index (κ2) is 7.85. The van der Waals surface area contributed by atoms with Crippen molar-refractivity contribution in [3.63, 3.8) is 0 Å². The number of imidazole rings is 1. The van der Waals surface area contributed by atoms with E-state index in [0.717, 1.165) is 40.1 Å². The number of H-pyrrole nitrogens is 1. The van der Waals surface area contributed by atoms with Crippen LogP contribution in [0.1, 0.15) is 16.1 Å². The quantitative estimate of drug-likeness (QED) is 0.525. The molecule has 0 bridgehead atoms. The highest BCUT2D eigenvalue weighted by Crippen LogP contribution is 2.34. The summed E-state index contributed by atoms with van der Waals surface area (Å²) in [4.78, 5) is 32.9. The maximum absolute atomic E-state index is 12.8. The van der Waals surface area contributed by atoms with Gasteiger partial charge in [-0.25, -0.2) is 9.97 Å². The Balaban J connectivity index is 1.48. The molecule has 1 aliphatic rings. The molecule has 0 atom stereocenters. The van der Waals surface area contributed by atoms with E-state index in [9.17, 15) is 4.79 Å². The number of benzene rings is 1. The predicted molar refractivity (Wildman–Crippen MR) is 117 cm³/mol. The topological polar surface area (TPSA) is 96.0 Å². The first kappa shape index (κ1) is 18.7. The molecule has 30 heavy (non-hydrogen) atoms. The molecule has 1 fully saturated rings. The summed E-state index contributed by atoms with van der Waals surface area (Å²) >= 11 is 1.61. The number of amides is 1. The lowest BCUT2D eigenvalue weighted by atomic mass is 10.1. The van der Waals surface area contributed by atoms with Crippen molar-refractivity contribution in [1.82, 2.24) is 19.9 Å². The van der Waals surface area contributed by atoms with Gasteiger partial charge in [0.05, 0.1) is 46.7 Å². The summed E-state index contributed by atoms with van der Waals surface area (Å²) in [5.41, 5.74) is 3.51. The van der Waals surface area contributed by atoms with Crippen molar-refractivity contribution in [1.29, 1.82) is 0 Å². The maximum Gasteiger partial charge on any atom is 0.257 e. The molecule has 0 saturated carbocycles. The first-order valence-corrected chi connectivity index (χ1v) is 10.5. The van der Waals surface area contributed by atoms with Gasteiger partial charge in [0.2, 0.25) is 0 Å². The highest BCUT2D eigenvalue weighted by atomic mass is 32.1. The monoisotopic (exact) mass is 420 g/mol. The second-order valence-corrected chi connectivity index (χ2v) is 7.97. The summed E-state index contributed by atoms with van der Waals surface area (Å²) in [5.74, 6) is 0.503. The molecule has 4 aromatic rings. The van der Waals surface area contributed by atoms with E-state index in [1.807, 2.05) is 19.1 Å². The van der Waals surface area contributed by atoms with Crippen LogP contribution in [0.4, 0.5) is 10.8 Å². The number of para-hydroxylation sites is 1. The SMILES string of the molecule is Cc1nc(N2CCOCC2)sc1-c1nc2c(C(=O)Nc3cccnc3)cccc2[nH]1. The fourth-order valence-corrected chi connectivity index (χ4v) is 4.51. The Hall–Kier alpha value is -3.30. The van der Waals surface area contributed by atoms with Gasteiger partial charge in [-0.15, -0.1) is 0 Å². The number of aromatic amines is 1. The number of nitrogens with zero attached hydrogens (tertiary/aromatic N) is 4. The van der Waals surface area contributed by atoms with Crippen molar-refractivity contribution in [2.24, 2.45) is 0 Å². The number of morpholine rings is 1. The zero-order valence-electron chi connectivity index (χ0n) is 16.4. The summed E-state index contributed by atoms with van der Waals surface area (Å²) in [7, 11) is 0. The summed E-state index contributed by atoms with van der Waals surface area (Å²) in [6, 6.07) is 9.13. The van der Waals surface area contributed by atoms with Gasteiger partial charge < -0.3 is 19.9 Å². The smallest absolute Gasteiger partial charge is 0.257 e. The van der Waals surface area contributed by atoms with Crippen molar-refractivity contribution in [2.75, 3.05) is 36.5 Å². The van der Waals surface area contributed by atoms with E-state index >= 15 is 0 Å². The molecule has 152 valence electrons. The van der Waals surface area contributed by atoms with Gasteiger partial charge in [-0.1, -0.05) is 17.4 Å². The minimum absolute atomic E-state index is 0.221. The van der Waals surface area contributed by atoms with Crippen LogP contribution in [-0.4, -0.2) is 52.1 Å². The number of carbonyl (C=O) groups excluding carboxylic acids is 1. The molecule has 0 radical (unpaired) electrons. The highest BCUT2D eigenvalue weighted by Gasteiger charge is 2.21. The number of aromatic nitrogens is 4. The molecule has 4 heterocycles. The Morgan fingerprint density at radius 2 is 2.07 bits per heavy atom. The van der Waals surface area contributed by atoms with Crippen molar-refractivity contribution in [3.05, 3.63) is 54.0 Å². The highest BCUT2D eigenvalue weighted by molar-refractivity contribution is 7.19. The average Bonchev–Trinajstić information content (AvgIpc) is 3.38. The van der Waals surface area contributed by atoms with E-state index in [1.54, 1.807) is 41.9 Å². The molecule has 0 unspecified atom stereocenters. The molecule has 1 saturated heterocycles. The number of carbonyl (C=O) groups is 1. The lowest BCUT2D eigenvalue weighted by Crippen LogP contribution is -2.36. The van der Waals surface area contributed by atoms with Crippen LogP contribution in [0.2, 0.25) is 0 Å². The van der Waals surface area contributed by atoms with Gasteiger partial charge in [0, 0.05) is 19.3 Å². The molecule has 9 heteroatoms. The van der Waals surface area contributed by atoms with E-state index in [2.05, 4.69) is 20.2 Å². The first-order chi connectivity index (χ1) is 14.7. The zero-order chi connectivity index (χ0) is 20.5. The minimum Gasteiger partial charge on any atom is -0.378 e. The molecule has 1 aliphatic heterocycles. The molecular formula is C21H20N6O2S. The summed E-state index contributed by atoms with van der Waals surface area (Å²) in [6.07, 6.45) is 3.28. The zero-order valence-corrected chi connectivity index (χ0v) is 17.2. The van der Waals surface area contributed by atoms with Gasteiger partial charge in [-0.3, -0.25) is 9.78 Å². The lowest BCUT2D eigenvalue weighted by molar-refractivity contribution is 0.102. The van der Waals surface area contributed by atoms with Crippen LogP contribution in [0.25, 0.3) is 21.7 Å². The van der Waals surface area contributed by atoms with Crippen LogP contribution >= 0.6 is 11.3 Å². The van der Waals surface area contributed by atoms with Gasteiger partial charge in [0.1, 0.15) is 5.52 Å². The van der Waals surface area contributed by atoms with Gasteiger partial charge in [0.15, 0.2) is 11.0 Å². The Morgan fingerprint density at radius 3 is 2.87 bits per heavy atom.